The first-order valence-electron chi connectivity index (χ1n) is 12.0. The van der Waals surface area contributed by atoms with Crippen LogP contribution in [0.25, 0.3) is 5.76 Å². The molecule has 0 fully saturated rings. The van der Waals surface area contributed by atoms with Gasteiger partial charge in [0.25, 0.3) is 0 Å². The largest absolute Gasteiger partial charge is 0.507 e. The van der Waals surface area contributed by atoms with E-state index in [-0.39, 0.29) is 22.8 Å². The number of allylic oxidation sites excluding steroid dienone is 2. The molecule has 2 heterocycles. The van der Waals surface area contributed by atoms with Crippen LogP contribution < -0.4 is 4.90 Å². The smallest absolute Gasteiger partial charge is 0.162 e. The summed E-state index contributed by atoms with van der Waals surface area (Å²) in [7, 11) is 0. The molecule has 5 nitrogen and oxygen atoms in total. The second-order valence-electron chi connectivity index (χ2n) is 10.0. The number of anilines is 1. The van der Waals surface area contributed by atoms with Crippen molar-refractivity contribution < 1.29 is 9.90 Å². The molecule has 0 spiro atoms. The van der Waals surface area contributed by atoms with E-state index in [9.17, 15) is 15.3 Å². The predicted octanol–water partition coefficient (Wildman–Crippen LogP) is 7.00. The van der Waals surface area contributed by atoms with E-state index in [1.807, 2.05) is 77.9 Å². The van der Waals surface area contributed by atoms with Gasteiger partial charge in [0.15, 0.2) is 5.78 Å². The molecule has 6 heteroatoms. The summed E-state index contributed by atoms with van der Waals surface area (Å²) in [5.74, 6) is -0.315. The average Bonchev–Trinajstić information content (AvgIpc) is 2.88. The van der Waals surface area contributed by atoms with Crippen LogP contribution in [0.1, 0.15) is 43.7 Å². The van der Waals surface area contributed by atoms with Crippen LogP contribution in [-0.4, -0.2) is 28.0 Å². The van der Waals surface area contributed by atoms with Crippen molar-refractivity contribution in [2.45, 2.75) is 37.5 Å². The van der Waals surface area contributed by atoms with Gasteiger partial charge < -0.3 is 5.11 Å². The third-order valence-electron chi connectivity index (χ3n) is 6.88. The Morgan fingerprint density at radius 3 is 2.42 bits per heavy atom. The maximum atomic E-state index is 13.9. The third-order valence-corrected chi connectivity index (χ3v) is 7.62. The number of aromatic nitrogens is 1. The molecule has 2 aliphatic rings. The molecule has 1 atom stereocenters. The van der Waals surface area contributed by atoms with Crippen molar-refractivity contribution in [3.05, 3.63) is 107 Å². The molecule has 3 aromatic rings. The van der Waals surface area contributed by atoms with E-state index in [2.05, 4.69) is 18.8 Å². The Bertz CT molecular complexity index is 1380. The van der Waals surface area contributed by atoms with E-state index in [0.29, 0.717) is 35.2 Å². The van der Waals surface area contributed by atoms with Crippen LogP contribution >= 0.6 is 11.8 Å². The molecule has 2 aromatic carbocycles. The Hall–Kier alpha value is -3.64. The highest BCUT2D eigenvalue weighted by atomic mass is 32.2. The number of nitrogens with zero attached hydrogens (tertiary/aromatic N) is 2. The quantitative estimate of drug-likeness (QED) is 0.301. The van der Waals surface area contributed by atoms with E-state index in [4.69, 9.17) is 0 Å². The molecule has 5 rings (SSSR count). The Morgan fingerprint density at radius 1 is 1.06 bits per heavy atom. The van der Waals surface area contributed by atoms with Crippen molar-refractivity contribution in [3.63, 3.8) is 0 Å². The van der Waals surface area contributed by atoms with Gasteiger partial charge in [0.2, 0.25) is 0 Å². The molecule has 1 aliphatic carbocycles. The number of amidine groups is 1. The van der Waals surface area contributed by atoms with Gasteiger partial charge in [-0.3, -0.25) is 20.1 Å². The summed E-state index contributed by atoms with van der Waals surface area (Å²) in [4.78, 5) is 21.1. The van der Waals surface area contributed by atoms with Crippen LogP contribution in [0.15, 0.2) is 101 Å². The van der Waals surface area contributed by atoms with Crippen LogP contribution in [0.3, 0.4) is 0 Å². The normalized spacial score (nSPS) is 20.9. The molecule has 0 saturated carbocycles. The number of aliphatic hydroxyl groups is 1. The van der Waals surface area contributed by atoms with Gasteiger partial charge in [-0.25, -0.2) is 0 Å². The highest BCUT2D eigenvalue weighted by Crippen LogP contribution is 2.51. The van der Waals surface area contributed by atoms with E-state index in [0.717, 1.165) is 16.2 Å². The Balaban J connectivity index is 1.84. The minimum absolute atomic E-state index is 0.0117. The number of benzene rings is 2. The van der Waals surface area contributed by atoms with Gasteiger partial charge in [0, 0.05) is 45.8 Å². The number of aliphatic hydroxyl groups excluding tert-OH is 1. The molecule has 36 heavy (non-hydrogen) atoms. The summed E-state index contributed by atoms with van der Waals surface area (Å²) in [5, 5.41) is 21.1. The topological polar surface area (TPSA) is 77.3 Å². The maximum Gasteiger partial charge on any atom is 0.162 e. The van der Waals surface area contributed by atoms with Crippen LogP contribution in [0.4, 0.5) is 5.69 Å². The average molecular weight is 496 g/mol. The molecular formula is C30H29N3O2S. The van der Waals surface area contributed by atoms with Crippen molar-refractivity contribution >= 4 is 34.8 Å². The van der Waals surface area contributed by atoms with Crippen molar-refractivity contribution in [1.82, 2.24) is 4.98 Å². The van der Waals surface area contributed by atoms with Crippen molar-refractivity contribution in [2.75, 3.05) is 11.2 Å². The van der Waals surface area contributed by atoms with Gasteiger partial charge in [-0.05, 0) is 47.9 Å². The molecule has 182 valence electrons. The Kier molecular flexibility index (Phi) is 6.31. The van der Waals surface area contributed by atoms with Gasteiger partial charge in [0.1, 0.15) is 11.6 Å². The molecule has 0 saturated heterocycles. The van der Waals surface area contributed by atoms with Crippen molar-refractivity contribution in [2.24, 2.45) is 5.41 Å². The fraction of sp³-hybridized carbons (Fsp3) is 0.233. The minimum Gasteiger partial charge on any atom is -0.507 e. The fourth-order valence-corrected chi connectivity index (χ4v) is 5.67. The zero-order valence-corrected chi connectivity index (χ0v) is 21.5. The lowest BCUT2D eigenvalue weighted by Crippen LogP contribution is -2.45. The van der Waals surface area contributed by atoms with Crippen LogP contribution in [-0.2, 0) is 4.79 Å². The van der Waals surface area contributed by atoms with E-state index in [1.54, 1.807) is 24.2 Å². The molecule has 1 aliphatic heterocycles. The summed E-state index contributed by atoms with van der Waals surface area (Å²) < 4.78 is 0. The highest BCUT2D eigenvalue weighted by Gasteiger charge is 2.46. The Labute approximate surface area is 216 Å². The van der Waals surface area contributed by atoms with E-state index in [1.165, 1.54) is 0 Å². The zero-order chi connectivity index (χ0) is 25.4. The van der Waals surface area contributed by atoms with E-state index >= 15 is 0 Å². The summed E-state index contributed by atoms with van der Waals surface area (Å²) in [6.45, 7) is 4.18. The molecular weight excluding hydrogens is 466 g/mol. The molecule has 0 radical (unpaired) electrons. The predicted molar refractivity (Wildman–Crippen MR) is 146 cm³/mol. The Morgan fingerprint density at radius 2 is 1.78 bits per heavy atom. The molecule has 1 aromatic heterocycles. The van der Waals surface area contributed by atoms with Gasteiger partial charge in [-0.1, -0.05) is 56.3 Å². The minimum atomic E-state index is -0.542. The summed E-state index contributed by atoms with van der Waals surface area (Å²) >= 11 is 1.65. The second-order valence-corrected chi connectivity index (χ2v) is 10.9. The number of rotatable bonds is 4. The van der Waals surface area contributed by atoms with Crippen LogP contribution in [0.2, 0.25) is 0 Å². The number of thioether (sulfide) groups is 1. The summed E-state index contributed by atoms with van der Waals surface area (Å²) in [5.41, 5.74) is 3.86. The lowest BCUT2D eigenvalue weighted by molar-refractivity contribution is -0.118. The van der Waals surface area contributed by atoms with Crippen LogP contribution in [0, 0.1) is 10.8 Å². The highest BCUT2D eigenvalue weighted by molar-refractivity contribution is 7.98. The number of hydrogen-bond donors (Lipinski definition) is 2. The molecule has 0 amide bonds. The molecule has 2 N–H and O–H groups in total. The van der Waals surface area contributed by atoms with Crippen molar-refractivity contribution in [1.29, 1.82) is 5.41 Å². The second kappa shape index (κ2) is 9.43. The SMILES string of the molecule is CSc1ccc(C2C(=C(O)c3ccccc3)C(=N)N(c3cccnc3)C3=C2C(=O)CC(C)(C)C3)cc1. The standard InChI is InChI=1S/C30H29N3O2S/c1-30(2)16-23-26(24(34)17-30)25(19-11-13-22(36-3)14-12-19)27(28(35)20-8-5-4-6-9-20)29(31)33(23)21-10-7-15-32-18-21/h4-15,18,25,31,35H,16-17H2,1-3H3. The van der Waals surface area contributed by atoms with Crippen LogP contribution in [0.5, 0.6) is 0 Å². The number of Topliss-reactive ketones (excluding diaryl/α,β-unsaturated/α-hetero) is 1. The monoisotopic (exact) mass is 495 g/mol. The van der Waals surface area contributed by atoms with Gasteiger partial charge in [-0.2, -0.15) is 0 Å². The number of pyridine rings is 1. The van der Waals surface area contributed by atoms with Gasteiger partial charge >= 0.3 is 0 Å². The number of hydrogen-bond acceptors (Lipinski definition) is 5. The number of nitrogens with one attached hydrogen (secondary N) is 1. The summed E-state index contributed by atoms with van der Waals surface area (Å²) in [6.07, 6.45) is 6.48. The molecule has 0 bridgehead atoms. The van der Waals surface area contributed by atoms with Crippen molar-refractivity contribution in [3.8, 4) is 0 Å². The number of carbonyl (C=O) groups is 1. The lowest BCUT2D eigenvalue weighted by Gasteiger charge is -2.45. The van der Waals surface area contributed by atoms with Gasteiger partial charge in [-0.15, -0.1) is 11.8 Å². The number of ketones is 1. The number of carbonyl (C=O) groups excluding carboxylic acids is 1. The zero-order valence-electron chi connectivity index (χ0n) is 20.7. The fourth-order valence-electron chi connectivity index (χ4n) is 5.27. The molecule has 1 unspecified atom stereocenters. The summed E-state index contributed by atoms with van der Waals surface area (Å²) in [6, 6.07) is 21.1. The third kappa shape index (κ3) is 4.26. The first-order valence-corrected chi connectivity index (χ1v) is 13.2. The first-order chi connectivity index (χ1) is 17.3. The van der Waals surface area contributed by atoms with E-state index < -0.39 is 5.92 Å². The first kappa shape index (κ1) is 24.1. The van der Waals surface area contributed by atoms with Gasteiger partial charge in [0.05, 0.1) is 11.9 Å². The maximum absolute atomic E-state index is 13.9. The lowest BCUT2D eigenvalue weighted by atomic mass is 9.67.